The molecule has 2 heteroatoms. The minimum atomic E-state index is -2.47. The van der Waals surface area contributed by atoms with Gasteiger partial charge in [-0.15, -0.1) is 0 Å². The zero-order chi connectivity index (χ0) is 35.4. The van der Waals surface area contributed by atoms with Gasteiger partial charge in [0.1, 0.15) is 0 Å². The fourth-order valence-corrected chi connectivity index (χ4v) is 41.4. The molecule has 0 radical (unpaired) electrons. The van der Waals surface area contributed by atoms with Crippen molar-refractivity contribution in [3.8, 4) is 22.3 Å². The van der Waals surface area contributed by atoms with E-state index in [1.165, 1.54) is 84.7 Å². The van der Waals surface area contributed by atoms with Crippen LogP contribution in [0, 0.1) is 0 Å². The fraction of sp³-hybridized carbons (Fsp3) is 0.417. The maximum atomic E-state index is 2.75. The third-order valence-electron chi connectivity index (χ3n) is 12.1. The number of rotatable bonds is 15. The van der Waals surface area contributed by atoms with Crippen LogP contribution in [0.1, 0.15) is 145 Å². The summed E-state index contributed by atoms with van der Waals surface area (Å²) in [5, 5.41) is 0. The standard InChI is InChI=1S/2C23H27.C2H7Si.Hf/c2*1-4-6-10-18-15-19-11-9-14-22(23(19)16-18)21-13-8-7-12-20(21)17(3)5-2;1-3-2;/h2*7-9,11-17H,4-6,10H2,1-3H3;3H,1-2H3;. The molecule has 0 saturated heterocycles. The Balaban J connectivity index is 1.53. The average molecular weight is 845 g/mol. The Bertz CT molecular complexity index is 1710. The third-order valence-corrected chi connectivity index (χ3v) is 42.9. The SMILES string of the molecule is CCCCC1=Cc2c(-c3ccccc3C(C)CC)cccc2[CH]1[Hf]([CH]1C(CCCC)=Cc2c(-c3ccccc3C(C)CC)cccc21)[SiH](C)C. The number of allylic oxidation sites excluding steroid dienone is 2. The van der Waals surface area contributed by atoms with Gasteiger partial charge in [0.15, 0.2) is 0 Å². The maximum absolute atomic E-state index is 2.75. The van der Waals surface area contributed by atoms with Crippen molar-refractivity contribution < 1.29 is 20.6 Å². The summed E-state index contributed by atoms with van der Waals surface area (Å²) in [6.45, 7) is 19.7. The molecule has 6 rings (SSSR count). The third kappa shape index (κ3) is 7.23. The van der Waals surface area contributed by atoms with Crippen molar-refractivity contribution in [1.29, 1.82) is 0 Å². The van der Waals surface area contributed by atoms with E-state index in [9.17, 15) is 0 Å². The Hall–Kier alpha value is -2.55. The first-order chi connectivity index (χ1) is 24.3. The number of hydrogen-bond donors (Lipinski definition) is 0. The van der Waals surface area contributed by atoms with Crippen LogP contribution in [0.15, 0.2) is 96.1 Å². The summed E-state index contributed by atoms with van der Waals surface area (Å²) in [7, 11) is 0. The van der Waals surface area contributed by atoms with Gasteiger partial charge in [0.2, 0.25) is 0 Å². The van der Waals surface area contributed by atoms with Gasteiger partial charge in [0.25, 0.3) is 0 Å². The number of hydrogen-bond acceptors (Lipinski definition) is 0. The van der Waals surface area contributed by atoms with Gasteiger partial charge in [0.05, 0.1) is 0 Å². The molecule has 0 saturated carbocycles. The Labute approximate surface area is 313 Å². The molecule has 4 aromatic rings. The monoisotopic (exact) mass is 845 g/mol. The Morgan fingerprint density at radius 1 is 0.540 bits per heavy atom. The van der Waals surface area contributed by atoms with E-state index in [0.717, 1.165) is 0 Å². The summed E-state index contributed by atoms with van der Waals surface area (Å²) >= 11 is -2.47. The molecule has 0 spiro atoms. The molecule has 0 aliphatic heterocycles. The van der Waals surface area contributed by atoms with Crippen molar-refractivity contribution >= 4 is 18.1 Å². The molecule has 50 heavy (non-hydrogen) atoms. The van der Waals surface area contributed by atoms with Crippen molar-refractivity contribution in [3.05, 3.63) is 129 Å². The summed E-state index contributed by atoms with van der Waals surface area (Å²) in [5.74, 6) is 0.145. The zero-order valence-corrected chi connectivity index (χ0v) is 37.0. The van der Waals surface area contributed by atoms with E-state index < -0.39 is 26.6 Å². The van der Waals surface area contributed by atoms with Crippen LogP contribution in [-0.2, 0) is 20.6 Å². The summed E-state index contributed by atoms with van der Waals surface area (Å²) in [5.41, 5.74) is 19.0. The molecular formula is C48H61HfSi. The molecule has 261 valence electrons. The number of fused-ring (bicyclic) bond motifs is 2. The van der Waals surface area contributed by atoms with E-state index in [1.54, 1.807) is 33.4 Å². The summed E-state index contributed by atoms with van der Waals surface area (Å²) in [6, 6.07) is 33.4. The van der Waals surface area contributed by atoms with Gasteiger partial charge in [-0.05, 0) is 0 Å². The topological polar surface area (TPSA) is 0 Å². The van der Waals surface area contributed by atoms with Gasteiger partial charge in [0, 0.05) is 0 Å². The predicted molar refractivity (Wildman–Crippen MR) is 221 cm³/mol. The first-order valence-corrected chi connectivity index (χ1v) is 33.3. The van der Waals surface area contributed by atoms with Crippen molar-refractivity contribution in [2.45, 2.75) is 125 Å². The van der Waals surface area contributed by atoms with E-state index in [4.69, 9.17) is 0 Å². The first-order valence-electron chi connectivity index (χ1n) is 20.1. The summed E-state index contributed by atoms with van der Waals surface area (Å²) in [6.07, 6.45) is 15.4. The molecule has 0 amide bonds. The molecule has 0 N–H and O–H groups in total. The van der Waals surface area contributed by atoms with Crippen LogP contribution in [0.3, 0.4) is 0 Å². The van der Waals surface area contributed by atoms with E-state index >= 15 is 0 Å². The van der Waals surface area contributed by atoms with Gasteiger partial charge in [-0.2, -0.15) is 0 Å². The van der Waals surface area contributed by atoms with Crippen LogP contribution in [-0.4, -0.2) is 5.98 Å². The van der Waals surface area contributed by atoms with Gasteiger partial charge >= 0.3 is 316 Å². The van der Waals surface area contributed by atoms with Crippen LogP contribution in [0.5, 0.6) is 0 Å². The second kappa shape index (κ2) is 16.9. The number of benzene rings is 4. The first kappa shape index (κ1) is 37.2. The Morgan fingerprint density at radius 2 is 0.940 bits per heavy atom. The van der Waals surface area contributed by atoms with Crippen LogP contribution >= 0.6 is 0 Å². The molecule has 0 heterocycles. The molecule has 4 aromatic carbocycles. The van der Waals surface area contributed by atoms with Crippen LogP contribution in [0.2, 0.25) is 13.1 Å². The average Bonchev–Trinajstić information content (AvgIpc) is 3.70. The van der Waals surface area contributed by atoms with Crippen molar-refractivity contribution in [2.24, 2.45) is 0 Å². The second-order valence-corrected chi connectivity index (χ2v) is 43.5. The van der Waals surface area contributed by atoms with Crippen molar-refractivity contribution in [1.82, 2.24) is 0 Å². The van der Waals surface area contributed by atoms with Crippen LogP contribution in [0.4, 0.5) is 0 Å². The van der Waals surface area contributed by atoms with E-state index in [2.05, 4.69) is 152 Å². The van der Waals surface area contributed by atoms with E-state index in [-0.39, 0.29) is 0 Å². The molecule has 2 aliphatic rings. The van der Waals surface area contributed by atoms with Gasteiger partial charge in [-0.3, -0.25) is 0 Å². The molecule has 4 atom stereocenters. The van der Waals surface area contributed by atoms with Gasteiger partial charge < -0.3 is 0 Å². The minimum absolute atomic E-state index is 0.555. The van der Waals surface area contributed by atoms with Crippen LogP contribution in [0.25, 0.3) is 34.4 Å². The van der Waals surface area contributed by atoms with E-state index in [1.807, 2.05) is 0 Å². The molecule has 0 bridgehead atoms. The molecular weight excluding hydrogens is 783 g/mol. The van der Waals surface area contributed by atoms with Crippen molar-refractivity contribution in [2.75, 3.05) is 0 Å². The van der Waals surface area contributed by atoms with Gasteiger partial charge in [-0.25, -0.2) is 0 Å². The molecule has 2 aliphatic carbocycles. The zero-order valence-electron chi connectivity index (χ0n) is 32.3. The normalized spacial score (nSPS) is 17.7. The molecule has 0 nitrogen and oxygen atoms in total. The molecule has 4 unspecified atom stereocenters. The molecule has 0 aromatic heterocycles. The van der Waals surface area contributed by atoms with Crippen molar-refractivity contribution in [3.63, 3.8) is 0 Å². The number of unbranched alkanes of at least 4 members (excludes halogenated alkanes) is 2. The fourth-order valence-electron chi connectivity index (χ4n) is 9.00. The van der Waals surface area contributed by atoms with Crippen LogP contribution < -0.4 is 0 Å². The summed E-state index contributed by atoms with van der Waals surface area (Å²) < 4.78 is 1.39. The summed E-state index contributed by atoms with van der Waals surface area (Å²) in [4.78, 5) is 0. The van der Waals surface area contributed by atoms with Gasteiger partial charge in [-0.1, -0.05) is 0 Å². The second-order valence-electron chi connectivity index (χ2n) is 15.6. The Kier molecular flexibility index (Phi) is 12.5. The predicted octanol–water partition coefficient (Wildman–Crippen LogP) is 14.6. The van der Waals surface area contributed by atoms with E-state index in [0.29, 0.717) is 19.2 Å². The molecule has 0 fully saturated rings. The quantitative estimate of drug-likeness (QED) is 0.105. The Morgan fingerprint density at radius 3 is 1.32 bits per heavy atom.